The highest BCUT2D eigenvalue weighted by atomic mass is 16.7. The van der Waals surface area contributed by atoms with E-state index in [9.17, 15) is 0 Å². The largest absolute Gasteiger partial charge is 0.374 e. The molecule has 0 saturated carbocycles. The van der Waals surface area contributed by atoms with Crippen molar-refractivity contribution in [1.82, 2.24) is 0 Å². The van der Waals surface area contributed by atoms with Crippen LogP contribution in [0, 0.1) is 0 Å². The Balaban J connectivity index is 1.41. The molecule has 0 aliphatic carbocycles. The zero-order valence-corrected chi connectivity index (χ0v) is 24.1. The minimum Gasteiger partial charge on any atom is -0.374 e. The highest BCUT2D eigenvalue weighted by Gasteiger charge is 2.44. The molecule has 220 valence electrons. The summed E-state index contributed by atoms with van der Waals surface area (Å²) in [7, 11) is 1.66. The number of benzene rings is 4. The van der Waals surface area contributed by atoms with Crippen molar-refractivity contribution >= 4 is 0 Å². The molecule has 0 spiro atoms. The van der Waals surface area contributed by atoms with Crippen LogP contribution in [0.4, 0.5) is 0 Å². The maximum absolute atomic E-state index is 6.70. The van der Waals surface area contributed by atoms with Gasteiger partial charge in [-0.15, -0.1) is 0 Å². The zero-order valence-electron chi connectivity index (χ0n) is 24.1. The summed E-state index contributed by atoms with van der Waals surface area (Å²) in [5.41, 5.74) is 4.32. The Bertz CT molecular complexity index is 1270. The summed E-state index contributed by atoms with van der Waals surface area (Å²) in [6.45, 7) is 2.03. The molecule has 5 rings (SSSR count). The van der Waals surface area contributed by atoms with Gasteiger partial charge in [-0.1, -0.05) is 121 Å². The molecule has 1 heterocycles. The van der Waals surface area contributed by atoms with Crippen LogP contribution < -0.4 is 0 Å². The molecule has 42 heavy (non-hydrogen) atoms. The van der Waals surface area contributed by atoms with Crippen molar-refractivity contribution in [3.05, 3.63) is 144 Å². The molecule has 1 saturated heterocycles. The molecule has 6 heteroatoms. The number of ether oxygens (including phenoxy) is 6. The predicted octanol–water partition coefficient (Wildman–Crippen LogP) is 6.72. The first-order valence-electron chi connectivity index (χ1n) is 14.5. The second kappa shape index (κ2) is 16.3. The minimum absolute atomic E-state index is 0.310. The van der Waals surface area contributed by atoms with E-state index in [2.05, 4.69) is 48.5 Å². The van der Waals surface area contributed by atoms with Crippen LogP contribution in [0.2, 0.25) is 0 Å². The van der Waals surface area contributed by atoms with Crippen LogP contribution in [0.5, 0.6) is 0 Å². The summed E-state index contributed by atoms with van der Waals surface area (Å²) in [5.74, 6) is 0. The van der Waals surface area contributed by atoms with Gasteiger partial charge in [-0.2, -0.15) is 0 Å². The molecule has 1 aliphatic heterocycles. The van der Waals surface area contributed by atoms with Gasteiger partial charge >= 0.3 is 0 Å². The van der Waals surface area contributed by atoms with Crippen LogP contribution in [0.15, 0.2) is 121 Å². The van der Waals surface area contributed by atoms with Gasteiger partial charge in [-0.05, 0) is 22.3 Å². The molecule has 5 atom stereocenters. The van der Waals surface area contributed by atoms with Gasteiger partial charge in [0.05, 0.1) is 39.1 Å². The Kier molecular flexibility index (Phi) is 11.7. The van der Waals surface area contributed by atoms with Gasteiger partial charge in [0.1, 0.15) is 18.3 Å². The van der Waals surface area contributed by atoms with Crippen LogP contribution >= 0.6 is 0 Å². The molecular weight excluding hydrogens is 528 g/mol. The van der Waals surface area contributed by atoms with E-state index in [0.29, 0.717) is 39.5 Å². The standard InChI is InChI=1S/C36H40O6/c1-37-34-22-32(39-24-29-16-8-3-9-17-29)35(40-25-30-18-10-4-11-19-30)36(41-26-31-20-12-5-13-21-31)33(42-34)27-38-23-28-14-6-2-7-15-28/h2-21,32-36H,22-27H2,1H3/t32-,33+,34?,35?,36+/m0/s1. The quantitative estimate of drug-likeness (QED) is 0.168. The van der Waals surface area contributed by atoms with Gasteiger partial charge in [-0.3, -0.25) is 0 Å². The van der Waals surface area contributed by atoms with Gasteiger partial charge in [0.2, 0.25) is 0 Å². The van der Waals surface area contributed by atoms with E-state index in [0.717, 1.165) is 22.3 Å². The van der Waals surface area contributed by atoms with Crippen LogP contribution in [0.1, 0.15) is 28.7 Å². The van der Waals surface area contributed by atoms with Gasteiger partial charge in [0, 0.05) is 13.5 Å². The molecule has 0 N–H and O–H groups in total. The molecule has 1 fully saturated rings. The summed E-state index contributed by atoms with van der Waals surface area (Å²) >= 11 is 0. The minimum atomic E-state index is -0.510. The molecule has 6 nitrogen and oxygen atoms in total. The Hall–Kier alpha value is -3.36. The van der Waals surface area contributed by atoms with E-state index in [-0.39, 0.29) is 6.10 Å². The average Bonchev–Trinajstić information content (AvgIpc) is 3.19. The molecule has 1 aliphatic rings. The fourth-order valence-corrected chi connectivity index (χ4v) is 5.11. The monoisotopic (exact) mass is 568 g/mol. The topological polar surface area (TPSA) is 55.4 Å². The van der Waals surface area contributed by atoms with Gasteiger partial charge in [-0.25, -0.2) is 0 Å². The maximum Gasteiger partial charge on any atom is 0.160 e. The molecular formula is C36H40O6. The number of methoxy groups -OCH3 is 1. The first-order chi connectivity index (χ1) is 20.8. The number of hydrogen-bond acceptors (Lipinski definition) is 6. The fourth-order valence-electron chi connectivity index (χ4n) is 5.11. The SMILES string of the molecule is COC1C[C@H](OCc2ccccc2)C(OCc2ccccc2)[C@H](OCc2ccccc2)[C@@H](COCc2ccccc2)O1. The normalized spacial score (nSPS) is 22.5. The number of rotatable bonds is 14. The summed E-state index contributed by atoms with van der Waals surface area (Å²) in [6.07, 6.45) is -1.74. The van der Waals surface area contributed by atoms with Crippen molar-refractivity contribution in [3.63, 3.8) is 0 Å². The first-order valence-corrected chi connectivity index (χ1v) is 14.5. The lowest BCUT2D eigenvalue weighted by atomic mass is 10.0. The third-order valence-electron chi connectivity index (χ3n) is 7.34. The molecule has 2 unspecified atom stereocenters. The van der Waals surface area contributed by atoms with E-state index >= 15 is 0 Å². The van der Waals surface area contributed by atoms with E-state index in [1.54, 1.807) is 7.11 Å². The van der Waals surface area contributed by atoms with E-state index in [1.165, 1.54) is 0 Å². The van der Waals surface area contributed by atoms with Crippen LogP contribution in [0.25, 0.3) is 0 Å². The second-order valence-electron chi connectivity index (χ2n) is 10.4. The fraction of sp³-hybridized carbons (Fsp3) is 0.333. The first kappa shape index (κ1) is 30.1. The molecule has 0 aromatic heterocycles. The Morgan fingerprint density at radius 1 is 0.548 bits per heavy atom. The lowest BCUT2D eigenvalue weighted by Gasteiger charge is -2.34. The molecule has 0 bridgehead atoms. The summed E-state index contributed by atoms with van der Waals surface area (Å²) < 4.78 is 38.5. The second-order valence-corrected chi connectivity index (χ2v) is 10.4. The van der Waals surface area contributed by atoms with Crippen LogP contribution in [-0.2, 0) is 54.8 Å². The molecule has 0 amide bonds. The third-order valence-corrected chi connectivity index (χ3v) is 7.34. The van der Waals surface area contributed by atoms with E-state index in [4.69, 9.17) is 28.4 Å². The smallest absolute Gasteiger partial charge is 0.160 e. The maximum atomic E-state index is 6.70. The average molecular weight is 569 g/mol. The Labute approximate surface area is 249 Å². The lowest BCUT2D eigenvalue weighted by Crippen LogP contribution is -2.48. The van der Waals surface area contributed by atoms with Crippen LogP contribution in [-0.4, -0.2) is 44.4 Å². The summed E-state index contributed by atoms with van der Waals surface area (Å²) in [5, 5.41) is 0. The van der Waals surface area contributed by atoms with Crippen molar-refractivity contribution in [2.24, 2.45) is 0 Å². The third kappa shape index (κ3) is 9.07. The van der Waals surface area contributed by atoms with Gasteiger partial charge in [0.15, 0.2) is 6.29 Å². The van der Waals surface area contributed by atoms with Crippen molar-refractivity contribution in [2.75, 3.05) is 13.7 Å². The van der Waals surface area contributed by atoms with Crippen molar-refractivity contribution in [1.29, 1.82) is 0 Å². The summed E-state index contributed by atoms with van der Waals surface area (Å²) in [4.78, 5) is 0. The van der Waals surface area contributed by atoms with Gasteiger partial charge < -0.3 is 28.4 Å². The van der Waals surface area contributed by atoms with Crippen molar-refractivity contribution in [2.45, 2.75) is 63.6 Å². The van der Waals surface area contributed by atoms with Crippen LogP contribution in [0.3, 0.4) is 0 Å². The predicted molar refractivity (Wildman–Crippen MR) is 161 cm³/mol. The van der Waals surface area contributed by atoms with Crippen molar-refractivity contribution < 1.29 is 28.4 Å². The van der Waals surface area contributed by atoms with E-state index < -0.39 is 24.6 Å². The summed E-state index contributed by atoms with van der Waals surface area (Å²) in [6, 6.07) is 40.6. The Morgan fingerprint density at radius 3 is 1.45 bits per heavy atom. The highest BCUT2D eigenvalue weighted by molar-refractivity contribution is 5.16. The lowest BCUT2D eigenvalue weighted by molar-refractivity contribution is -0.207. The highest BCUT2D eigenvalue weighted by Crippen LogP contribution is 2.30. The zero-order chi connectivity index (χ0) is 28.8. The Morgan fingerprint density at radius 2 is 0.976 bits per heavy atom. The van der Waals surface area contributed by atoms with Gasteiger partial charge in [0.25, 0.3) is 0 Å². The van der Waals surface area contributed by atoms with E-state index in [1.807, 2.05) is 72.8 Å². The molecule has 0 radical (unpaired) electrons. The van der Waals surface area contributed by atoms with Crippen molar-refractivity contribution in [3.8, 4) is 0 Å². The molecule has 4 aromatic rings. The number of hydrogen-bond donors (Lipinski definition) is 0. The molecule has 4 aromatic carbocycles.